The molecule has 0 saturated heterocycles. The molecule has 0 N–H and O–H groups in total. The number of likely N-dealkylation sites (N-methyl/N-ethyl adjacent to an activating group) is 1. The third-order valence-electron chi connectivity index (χ3n) is 6.38. The van der Waals surface area contributed by atoms with Gasteiger partial charge in [-0.05, 0) is 50.8 Å². The van der Waals surface area contributed by atoms with E-state index in [1.54, 1.807) is 0 Å². The van der Waals surface area contributed by atoms with Crippen molar-refractivity contribution < 1.29 is 14.1 Å². The number of nitrogens with zero attached hydrogens (tertiary/aromatic N) is 3. The van der Waals surface area contributed by atoms with E-state index in [-0.39, 0.29) is 5.91 Å². The Hall–Kier alpha value is -1.72. The van der Waals surface area contributed by atoms with Gasteiger partial charge >= 0.3 is 0 Å². The molecule has 0 aliphatic carbocycles. The Morgan fingerprint density at radius 3 is 2.09 bits per heavy atom. The fourth-order valence-corrected chi connectivity index (χ4v) is 4.46. The number of carbonyl (C=O) groups excluding carboxylic acids is 2. The maximum Gasteiger partial charge on any atom is 0.241 e. The van der Waals surface area contributed by atoms with Gasteiger partial charge in [0.15, 0.2) is 6.29 Å². The van der Waals surface area contributed by atoms with Gasteiger partial charge in [-0.1, -0.05) is 51.8 Å². The van der Waals surface area contributed by atoms with Crippen molar-refractivity contribution in [1.29, 1.82) is 0 Å². The Bertz CT molecular complexity index is 671. The molecule has 0 fully saturated rings. The molecule has 5 nitrogen and oxygen atoms in total. The van der Waals surface area contributed by atoms with E-state index in [1.165, 1.54) is 0 Å². The predicted molar refractivity (Wildman–Crippen MR) is 136 cm³/mol. The van der Waals surface area contributed by atoms with E-state index in [0.717, 1.165) is 98.8 Å². The molecule has 32 heavy (non-hydrogen) atoms. The molecular formula is C27H48N3O2+. The van der Waals surface area contributed by atoms with Gasteiger partial charge in [-0.2, -0.15) is 0 Å². The molecule has 182 valence electrons. The normalized spacial score (nSPS) is 13.2. The second-order valence-corrected chi connectivity index (χ2v) is 9.54. The van der Waals surface area contributed by atoms with Crippen molar-refractivity contribution in [1.82, 2.24) is 4.90 Å². The molecule has 0 saturated carbocycles. The van der Waals surface area contributed by atoms with Crippen molar-refractivity contribution in [3.05, 3.63) is 29.3 Å². The molecule has 1 rings (SSSR count). The lowest BCUT2D eigenvalue weighted by atomic mass is 10.1. The van der Waals surface area contributed by atoms with Crippen LogP contribution < -0.4 is 4.90 Å². The summed E-state index contributed by atoms with van der Waals surface area (Å²) >= 11 is 0. The lowest BCUT2D eigenvalue weighted by Gasteiger charge is -2.34. The molecule has 1 aromatic carbocycles. The van der Waals surface area contributed by atoms with Crippen LogP contribution in [0.25, 0.3) is 0 Å². The number of para-hydroxylation sites is 1. The number of hydrogen-bond donors (Lipinski definition) is 0. The Morgan fingerprint density at radius 1 is 0.906 bits per heavy atom. The van der Waals surface area contributed by atoms with Gasteiger partial charge in [-0.25, -0.2) is 0 Å². The number of carbonyl (C=O) groups is 2. The SMILES string of the molecule is CCCCN(C(=O)CN(CCC)CCC[N+](C)(CC=O)CCCC)c1c(C)cccc1C. The monoisotopic (exact) mass is 446 g/mol. The minimum atomic E-state index is 0.195. The molecule has 1 unspecified atom stereocenters. The second kappa shape index (κ2) is 15.2. The first-order valence-corrected chi connectivity index (χ1v) is 12.7. The number of anilines is 1. The van der Waals surface area contributed by atoms with Crippen LogP contribution in [0.5, 0.6) is 0 Å². The topological polar surface area (TPSA) is 40.6 Å². The highest BCUT2D eigenvalue weighted by Crippen LogP contribution is 2.25. The zero-order chi connectivity index (χ0) is 24.0. The van der Waals surface area contributed by atoms with Gasteiger partial charge in [0.05, 0.1) is 26.7 Å². The first kappa shape index (κ1) is 28.3. The zero-order valence-corrected chi connectivity index (χ0v) is 21.7. The van der Waals surface area contributed by atoms with E-state index in [0.29, 0.717) is 13.1 Å². The van der Waals surface area contributed by atoms with E-state index in [9.17, 15) is 9.59 Å². The van der Waals surface area contributed by atoms with Crippen molar-refractivity contribution in [2.75, 3.05) is 57.8 Å². The number of amides is 1. The van der Waals surface area contributed by atoms with E-state index < -0.39 is 0 Å². The number of quaternary nitrogens is 1. The number of hydrogen-bond acceptors (Lipinski definition) is 3. The summed E-state index contributed by atoms with van der Waals surface area (Å²) in [5.41, 5.74) is 3.40. The molecule has 5 heteroatoms. The minimum Gasteiger partial charge on any atom is -0.320 e. The standard InChI is InChI=1S/C27H48N3O2/c1-7-10-18-29(27-24(4)14-12-15-25(27)5)26(32)23-28(16-9-3)17-13-20-30(6,21-22-31)19-11-8-2/h12,14-15,22H,7-11,13,16-21,23H2,1-6H3/q+1. The van der Waals surface area contributed by atoms with Gasteiger partial charge in [0.25, 0.3) is 0 Å². The predicted octanol–water partition coefficient (Wildman–Crippen LogP) is 4.98. The fourth-order valence-electron chi connectivity index (χ4n) is 4.46. The maximum atomic E-state index is 13.5. The van der Waals surface area contributed by atoms with Gasteiger partial charge in [0, 0.05) is 25.2 Å². The molecular weight excluding hydrogens is 398 g/mol. The summed E-state index contributed by atoms with van der Waals surface area (Å²) in [4.78, 5) is 29.0. The van der Waals surface area contributed by atoms with Crippen LogP contribution in [0, 0.1) is 13.8 Å². The lowest BCUT2D eigenvalue weighted by molar-refractivity contribution is -0.901. The average Bonchev–Trinajstić information content (AvgIpc) is 2.74. The Labute approximate surface area is 197 Å². The van der Waals surface area contributed by atoms with Crippen molar-refractivity contribution in [3.8, 4) is 0 Å². The molecule has 0 aliphatic heterocycles. The number of aryl methyl sites for hydroxylation is 2. The summed E-state index contributed by atoms with van der Waals surface area (Å²) in [6.45, 7) is 16.4. The summed E-state index contributed by atoms with van der Waals surface area (Å²) in [5.74, 6) is 0.195. The smallest absolute Gasteiger partial charge is 0.241 e. The molecule has 0 radical (unpaired) electrons. The number of rotatable bonds is 17. The van der Waals surface area contributed by atoms with Crippen molar-refractivity contribution in [2.45, 2.75) is 73.1 Å². The summed E-state index contributed by atoms with van der Waals surface area (Å²) in [6, 6.07) is 6.26. The van der Waals surface area contributed by atoms with Gasteiger partial charge in [-0.15, -0.1) is 0 Å². The molecule has 0 spiro atoms. The Morgan fingerprint density at radius 2 is 1.53 bits per heavy atom. The average molecular weight is 447 g/mol. The van der Waals surface area contributed by atoms with E-state index in [1.807, 2.05) is 4.90 Å². The highest BCUT2D eigenvalue weighted by molar-refractivity contribution is 5.96. The molecule has 0 bridgehead atoms. The third-order valence-corrected chi connectivity index (χ3v) is 6.38. The highest BCUT2D eigenvalue weighted by Gasteiger charge is 2.23. The van der Waals surface area contributed by atoms with Crippen LogP contribution in [0.15, 0.2) is 18.2 Å². The quantitative estimate of drug-likeness (QED) is 0.250. The van der Waals surface area contributed by atoms with Crippen LogP contribution in [-0.4, -0.2) is 74.4 Å². The largest absolute Gasteiger partial charge is 0.320 e. The van der Waals surface area contributed by atoms with Crippen LogP contribution >= 0.6 is 0 Å². The van der Waals surface area contributed by atoms with E-state index in [4.69, 9.17) is 0 Å². The molecule has 0 aromatic heterocycles. The van der Waals surface area contributed by atoms with E-state index in [2.05, 4.69) is 64.8 Å². The first-order chi connectivity index (χ1) is 15.3. The molecule has 1 amide bonds. The van der Waals surface area contributed by atoms with Crippen LogP contribution in [0.2, 0.25) is 0 Å². The number of unbranched alkanes of at least 4 members (excludes halogenated alkanes) is 2. The summed E-state index contributed by atoms with van der Waals surface area (Å²) in [7, 11) is 2.19. The maximum absolute atomic E-state index is 13.5. The van der Waals surface area contributed by atoms with Crippen LogP contribution in [-0.2, 0) is 9.59 Å². The van der Waals surface area contributed by atoms with Crippen molar-refractivity contribution in [3.63, 3.8) is 0 Å². The van der Waals surface area contributed by atoms with Crippen molar-refractivity contribution >= 4 is 17.9 Å². The first-order valence-electron chi connectivity index (χ1n) is 12.7. The highest BCUT2D eigenvalue weighted by atomic mass is 16.2. The molecule has 0 heterocycles. The molecule has 1 aromatic rings. The fraction of sp³-hybridized carbons (Fsp3) is 0.704. The minimum absolute atomic E-state index is 0.195. The van der Waals surface area contributed by atoms with Gasteiger partial charge in [0.1, 0.15) is 6.54 Å². The molecule has 0 aliphatic rings. The van der Waals surface area contributed by atoms with Crippen LogP contribution in [0.4, 0.5) is 5.69 Å². The molecule has 1 atom stereocenters. The lowest BCUT2D eigenvalue weighted by Crippen LogP contribution is -2.48. The van der Waals surface area contributed by atoms with Gasteiger partial charge < -0.3 is 9.38 Å². The summed E-state index contributed by atoms with van der Waals surface area (Å²) in [5, 5.41) is 0. The van der Waals surface area contributed by atoms with E-state index >= 15 is 0 Å². The Kier molecular flexibility index (Phi) is 13.4. The van der Waals surface area contributed by atoms with Crippen LogP contribution in [0.1, 0.15) is 70.4 Å². The Balaban J connectivity index is 2.86. The van der Waals surface area contributed by atoms with Gasteiger partial charge in [-0.3, -0.25) is 14.5 Å². The third kappa shape index (κ3) is 9.41. The number of benzene rings is 1. The summed E-state index contributed by atoms with van der Waals surface area (Å²) < 4.78 is 0.802. The van der Waals surface area contributed by atoms with Crippen LogP contribution in [0.3, 0.4) is 0 Å². The number of aldehydes is 1. The van der Waals surface area contributed by atoms with Crippen molar-refractivity contribution in [2.24, 2.45) is 0 Å². The zero-order valence-electron chi connectivity index (χ0n) is 21.7. The second-order valence-electron chi connectivity index (χ2n) is 9.54. The van der Waals surface area contributed by atoms with Gasteiger partial charge in [0.2, 0.25) is 5.91 Å². The summed E-state index contributed by atoms with van der Waals surface area (Å²) in [6.07, 6.45) is 7.45.